The number of para-hydroxylation sites is 1. The summed E-state index contributed by atoms with van der Waals surface area (Å²) in [6.07, 6.45) is 3.06. The molecule has 2 N–H and O–H groups in total. The monoisotopic (exact) mass is 221 g/mol. The highest BCUT2D eigenvalue weighted by Gasteiger charge is 2.16. The van der Waals surface area contributed by atoms with Crippen molar-refractivity contribution >= 4 is 11.7 Å². The highest BCUT2D eigenvalue weighted by molar-refractivity contribution is 5.94. The first-order chi connectivity index (χ1) is 7.77. The number of rotatable bonds is 3. The Hall–Kier alpha value is -1.55. The first-order valence-corrected chi connectivity index (χ1v) is 5.48. The Morgan fingerprint density at radius 1 is 1.38 bits per heavy atom. The Balaban J connectivity index is 2.10. The smallest absolute Gasteiger partial charge is 0.337 e. The Morgan fingerprint density at radius 3 is 2.88 bits per heavy atom. The van der Waals surface area contributed by atoms with Gasteiger partial charge in [-0.25, -0.2) is 4.79 Å². The van der Waals surface area contributed by atoms with E-state index < -0.39 is 5.97 Å². The van der Waals surface area contributed by atoms with Crippen LogP contribution in [0.1, 0.15) is 29.6 Å². The summed E-state index contributed by atoms with van der Waals surface area (Å²) in [7, 11) is 0. The minimum Gasteiger partial charge on any atom is -0.478 e. The molecule has 0 aliphatic carbocycles. The molecule has 0 saturated carbocycles. The lowest BCUT2D eigenvalue weighted by Gasteiger charge is -2.25. The van der Waals surface area contributed by atoms with Crippen molar-refractivity contribution in [2.45, 2.75) is 25.5 Å². The normalized spacial score (nSPS) is 20.4. The molecule has 1 atom stereocenters. The second kappa shape index (κ2) is 4.99. The fourth-order valence-electron chi connectivity index (χ4n) is 1.82. The maximum Gasteiger partial charge on any atom is 0.337 e. The van der Waals surface area contributed by atoms with E-state index in [9.17, 15) is 4.79 Å². The third-order valence-electron chi connectivity index (χ3n) is 2.65. The zero-order chi connectivity index (χ0) is 11.4. The largest absolute Gasteiger partial charge is 0.478 e. The van der Waals surface area contributed by atoms with E-state index in [2.05, 4.69) is 5.32 Å². The van der Waals surface area contributed by atoms with Gasteiger partial charge in [0, 0.05) is 6.61 Å². The Kier molecular flexibility index (Phi) is 3.41. The van der Waals surface area contributed by atoms with Crippen molar-refractivity contribution in [2.75, 3.05) is 11.9 Å². The molecule has 4 nitrogen and oxygen atoms in total. The lowest BCUT2D eigenvalue weighted by molar-refractivity contribution is 0.0342. The maximum atomic E-state index is 11.0. The van der Waals surface area contributed by atoms with Crippen LogP contribution in [0.2, 0.25) is 0 Å². The number of hydrogen-bond donors (Lipinski definition) is 2. The number of anilines is 1. The van der Waals surface area contributed by atoms with Crippen molar-refractivity contribution in [3.05, 3.63) is 29.8 Å². The highest BCUT2D eigenvalue weighted by Crippen LogP contribution is 2.20. The van der Waals surface area contributed by atoms with Crippen molar-refractivity contribution in [3.63, 3.8) is 0 Å². The SMILES string of the molecule is O=C(O)c1ccccc1NC1CCCCO1. The van der Waals surface area contributed by atoms with E-state index in [4.69, 9.17) is 9.84 Å². The summed E-state index contributed by atoms with van der Waals surface area (Å²) in [5.41, 5.74) is 0.915. The lowest BCUT2D eigenvalue weighted by Crippen LogP contribution is -2.27. The second-order valence-electron chi connectivity index (χ2n) is 3.85. The van der Waals surface area contributed by atoms with Crippen LogP contribution in [0.25, 0.3) is 0 Å². The van der Waals surface area contributed by atoms with Crippen molar-refractivity contribution in [1.82, 2.24) is 0 Å². The van der Waals surface area contributed by atoms with Gasteiger partial charge in [-0.2, -0.15) is 0 Å². The molecule has 1 heterocycles. The summed E-state index contributed by atoms with van der Waals surface area (Å²) in [6.45, 7) is 0.743. The Labute approximate surface area is 94.2 Å². The molecule has 1 aliphatic heterocycles. The van der Waals surface area contributed by atoms with Gasteiger partial charge in [-0.1, -0.05) is 12.1 Å². The van der Waals surface area contributed by atoms with E-state index in [1.807, 2.05) is 6.07 Å². The maximum absolute atomic E-state index is 11.0. The van der Waals surface area contributed by atoms with Crippen LogP contribution in [-0.4, -0.2) is 23.9 Å². The minimum atomic E-state index is -0.918. The van der Waals surface area contributed by atoms with E-state index in [1.54, 1.807) is 18.2 Å². The Bertz CT molecular complexity index is 372. The third-order valence-corrected chi connectivity index (χ3v) is 2.65. The van der Waals surface area contributed by atoms with Crippen LogP contribution in [-0.2, 0) is 4.74 Å². The van der Waals surface area contributed by atoms with Crippen molar-refractivity contribution in [1.29, 1.82) is 0 Å². The molecule has 16 heavy (non-hydrogen) atoms. The summed E-state index contributed by atoms with van der Waals surface area (Å²) in [6, 6.07) is 6.89. The third kappa shape index (κ3) is 2.52. The molecule has 0 bridgehead atoms. The lowest BCUT2D eigenvalue weighted by atomic mass is 10.1. The molecule has 0 amide bonds. The van der Waals surface area contributed by atoms with Gasteiger partial charge >= 0.3 is 5.97 Å². The average molecular weight is 221 g/mol. The molecule has 1 fully saturated rings. The van der Waals surface area contributed by atoms with Crippen LogP contribution < -0.4 is 5.32 Å². The number of carbonyl (C=O) groups is 1. The van der Waals surface area contributed by atoms with Crippen LogP contribution in [0.15, 0.2) is 24.3 Å². The fraction of sp³-hybridized carbons (Fsp3) is 0.417. The van der Waals surface area contributed by atoms with Crippen LogP contribution in [0.4, 0.5) is 5.69 Å². The predicted molar refractivity (Wildman–Crippen MR) is 60.6 cm³/mol. The summed E-state index contributed by atoms with van der Waals surface area (Å²) in [4.78, 5) is 11.0. The van der Waals surface area contributed by atoms with E-state index in [-0.39, 0.29) is 11.8 Å². The van der Waals surface area contributed by atoms with Gasteiger partial charge < -0.3 is 15.2 Å². The molecular formula is C12H15NO3. The van der Waals surface area contributed by atoms with E-state index in [0.29, 0.717) is 5.69 Å². The van der Waals surface area contributed by atoms with E-state index in [1.165, 1.54) is 0 Å². The molecule has 1 saturated heterocycles. The zero-order valence-electron chi connectivity index (χ0n) is 8.98. The van der Waals surface area contributed by atoms with Gasteiger partial charge in [0.1, 0.15) is 6.23 Å². The molecule has 1 aromatic rings. The molecule has 86 valence electrons. The first-order valence-electron chi connectivity index (χ1n) is 5.48. The van der Waals surface area contributed by atoms with Gasteiger partial charge in [0.25, 0.3) is 0 Å². The van der Waals surface area contributed by atoms with Crippen LogP contribution >= 0.6 is 0 Å². The molecule has 0 radical (unpaired) electrons. The Morgan fingerprint density at radius 2 is 2.19 bits per heavy atom. The van der Waals surface area contributed by atoms with Crippen molar-refractivity contribution < 1.29 is 14.6 Å². The number of carboxylic acid groups (broad SMARTS) is 1. The molecule has 0 aromatic heterocycles. The highest BCUT2D eigenvalue weighted by atomic mass is 16.5. The summed E-state index contributed by atoms with van der Waals surface area (Å²) in [5, 5.41) is 12.1. The van der Waals surface area contributed by atoms with Gasteiger partial charge in [-0.3, -0.25) is 0 Å². The van der Waals surface area contributed by atoms with Gasteiger partial charge in [0.15, 0.2) is 0 Å². The number of nitrogens with one attached hydrogen (secondary N) is 1. The van der Waals surface area contributed by atoms with Crippen molar-refractivity contribution in [2.24, 2.45) is 0 Å². The van der Waals surface area contributed by atoms with Gasteiger partial charge in [0.2, 0.25) is 0 Å². The van der Waals surface area contributed by atoms with Crippen LogP contribution in [0.5, 0.6) is 0 Å². The molecule has 0 spiro atoms. The molecular weight excluding hydrogens is 206 g/mol. The van der Waals surface area contributed by atoms with E-state index in [0.717, 1.165) is 25.9 Å². The summed E-state index contributed by atoms with van der Waals surface area (Å²) < 4.78 is 5.51. The summed E-state index contributed by atoms with van der Waals surface area (Å²) >= 11 is 0. The van der Waals surface area contributed by atoms with Crippen LogP contribution in [0, 0.1) is 0 Å². The summed E-state index contributed by atoms with van der Waals surface area (Å²) in [5.74, 6) is -0.918. The van der Waals surface area contributed by atoms with Gasteiger partial charge in [0.05, 0.1) is 11.3 Å². The quantitative estimate of drug-likeness (QED) is 0.822. The topological polar surface area (TPSA) is 58.6 Å². The van der Waals surface area contributed by atoms with Crippen LogP contribution in [0.3, 0.4) is 0 Å². The zero-order valence-corrected chi connectivity index (χ0v) is 8.98. The van der Waals surface area contributed by atoms with Crippen molar-refractivity contribution in [3.8, 4) is 0 Å². The van der Waals surface area contributed by atoms with Gasteiger partial charge in [-0.15, -0.1) is 0 Å². The molecule has 1 aliphatic rings. The van der Waals surface area contributed by atoms with Gasteiger partial charge in [-0.05, 0) is 31.4 Å². The average Bonchev–Trinajstić information content (AvgIpc) is 2.31. The number of aromatic carboxylic acids is 1. The number of ether oxygens (including phenoxy) is 1. The molecule has 4 heteroatoms. The molecule has 1 unspecified atom stereocenters. The number of hydrogen-bond acceptors (Lipinski definition) is 3. The minimum absolute atomic E-state index is 0.0609. The molecule has 2 rings (SSSR count). The predicted octanol–water partition coefficient (Wildman–Crippen LogP) is 2.32. The second-order valence-corrected chi connectivity index (χ2v) is 3.85. The standard InChI is InChI=1S/C12H15NO3/c14-12(15)9-5-1-2-6-10(9)13-11-7-3-4-8-16-11/h1-2,5-6,11,13H,3-4,7-8H2,(H,14,15). The first kappa shape index (κ1) is 11.0. The van der Waals surface area contributed by atoms with E-state index >= 15 is 0 Å². The fourth-order valence-corrected chi connectivity index (χ4v) is 1.82. The number of carboxylic acids is 1. The molecule has 1 aromatic carbocycles. The number of benzene rings is 1.